The van der Waals surface area contributed by atoms with Crippen molar-refractivity contribution in [1.82, 2.24) is 4.90 Å². The fourth-order valence-electron chi connectivity index (χ4n) is 6.15. The van der Waals surface area contributed by atoms with Gasteiger partial charge in [0.25, 0.3) is 5.91 Å². The number of ether oxygens (including phenoxy) is 1. The molecular formula is C33H38N2O3. The number of carbonyl (C=O) groups is 2. The molecule has 0 saturated heterocycles. The van der Waals surface area contributed by atoms with E-state index in [1.54, 1.807) is 12.0 Å². The van der Waals surface area contributed by atoms with Gasteiger partial charge < -0.3 is 14.5 Å². The van der Waals surface area contributed by atoms with Crippen LogP contribution in [0.4, 0.5) is 5.69 Å². The number of carbonyl (C=O) groups excluding carboxylic acids is 2. The van der Waals surface area contributed by atoms with Gasteiger partial charge in [-0.2, -0.15) is 0 Å². The number of methoxy groups -OCH3 is 1. The molecule has 5 nitrogen and oxygen atoms in total. The third-order valence-electron chi connectivity index (χ3n) is 8.35. The smallest absolute Gasteiger partial charge is 0.254 e. The maximum absolute atomic E-state index is 14.5. The number of fused-ring (bicyclic) bond motifs is 1. The first-order valence-corrected chi connectivity index (χ1v) is 13.8. The van der Waals surface area contributed by atoms with Crippen molar-refractivity contribution >= 4 is 17.5 Å². The summed E-state index contributed by atoms with van der Waals surface area (Å²) in [6.07, 6.45) is 5.33. The summed E-state index contributed by atoms with van der Waals surface area (Å²) in [5.74, 6) is 0.676. The summed E-state index contributed by atoms with van der Waals surface area (Å²) in [7, 11) is 3.50. The van der Waals surface area contributed by atoms with Crippen molar-refractivity contribution in [3.05, 3.63) is 95.1 Å². The Labute approximate surface area is 226 Å². The van der Waals surface area contributed by atoms with Crippen LogP contribution < -0.4 is 9.64 Å². The molecule has 0 spiro atoms. The zero-order chi connectivity index (χ0) is 26.8. The molecule has 0 N–H and O–H groups in total. The minimum Gasteiger partial charge on any atom is -0.497 e. The monoisotopic (exact) mass is 510 g/mol. The fourth-order valence-corrected chi connectivity index (χ4v) is 6.15. The molecule has 3 aromatic rings. The molecule has 1 fully saturated rings. The zero-order valence-electron chi connectivity index (χ0n) is 22.9. The maximum atomic E-state index is 14.5. The average molecular weight is 511 g/mol. The quantitative estimate of drug-likeness (QED) is 0.356. The number of likely N-dealkylation sites (N-methyl/N-ethyl adjacent to an activating group) is 1. The van der Waals surface area contributed by atoms with Gasteiger partial charge in [0, 0.05) is 24.3 Å². The molecule has 2 amide bonds. The minimum atomic E-state index is -0.519. The Kier molecular flexibility index (Phi) is 7.55. The predicted octanol–water partition coefficient (Wildman–Crippen LogP) is 7.10. The van der Waals surface area contributed by atoms with E-state index in [4.69, 9.17) is 4.74 Å². The van der Waals surface area contributed by atoms with Gasteiger partial charge in [-0.15, -0.1) is 0 Å². The highest BCUT2D eigenvalue weighted by atomic mass is 16.5. The summed E-state index contributed by atoms with van der Waals surface area (Å²) >= 11 is 0. The third-order valence-corrected chi connectivity index (χ3v) is 8.35. The lowest BCUT2D eigenvalue weighted by atomic mass is 9.77. The summed E-state index contributed by atoms with van der Waals surface area (Å²) in [6, 6.07) is 23.5. The molecule has 3 aromatic carbocycles. The number of nitrogens with zero attached hydrogens (tertiary/aromatic N) is 2. The normalized spacial score (nSPS) is 19.8. The van der Waals surface area contributed by atoms with Gasteiger partial charge in [0.05, 0.1) is 19.1 Å². The van der Waals surface area contributed by atoms with E-state index in [1.165, 1.54) is 12.0 Å². The third kappa shape index (κ3) is 4.82. The second-order valence-electron chi connectivity index (χ2n) is 10.9. The molecule has 5 rings (SSSR count). The van der Waals surface area contributed by atoms with Crippen LogP contribution in [0.3, 0.4) is 0 Å². The average Bonchev–Trinajstić information content (AvgIpc) is 2.97. The molecule has 1 aliphatic carbocycles. The number of anilines is 1. The Balaban J connectivity index is 1.63. The van der Waals surface area contributed by atoms with Crippen LogP contribution in [0.25, 0.3) is 0 Å². The Morgan fingerprint density at radius 3 is 2.21 bits per heavy atom. The van der Waals surface area contributed by atoms with Crippen LogP contribution in [0, 0.1) is 0 Å². The summed E-state index contributed by atoms with van der Waals surface area (Å²) in [6.45, 7) is 4.33. The first-order chi connectivity index (χ1) is 18.4. The highest BCUT2D eigenvalue weighted by molar-refractivity contribution is 6.05. The highest BCUT2D eigenvalue weighted by Crippen LogP contribution is 2.47. The van der Waals surface area contributed by atoms with E-state index in [9.17, 15) is 9.59 Å². The molecule has 1 heterocycles. The van der Waals surface area contributed by atoms with Crippen LogP contribution in [0.5, 0.6) is 5.75 Å². The van der Waals surface area contributed by atoms with Crippen LogP contribution in [-0.2, 0) is 4.79 Å². The first kappa shape index (κ1) is 26.0. The van der Waals surface area contributed by atoms with E-state index in [-0.39, 0.29) is 17.9 Å². The van der Waals surface area contributed by atoms with E-state index in [0.29, 0.717) is 11.5 Å². The Bertz CT molecular complexity index is 1280. The van der Waals surface area contributed by atoms with Gasteiger partial charge in [-0.1, -0.05) is 75.6 Å². The Hall–Kier alpha value is -3.60. The van der Waals surface area contributed by atoms with Gasteiger partial charge in [-0.3, -0.25) is 9.59 Å². The minimum absolute atomic E-state index is 0.0103. The van der Waals surface area contributed by atoms with Crippen LogP contribution >= 0.6 is 0 Å². The van der Waals surface area contributed by atoms with E-state index in [1.807, 2.05) is 72.6 Å². The second-order valence-corrected chi connectivity index (χ2v) is 10.9. The SMILES string of the molecule is COc1ccc([C@@H]2[C@H](C(=O)N(C)c3ccc(C(C)C)cc3)c3ccccc3C(=O)N2C2CCCCC2)cc1. The van der Waals surface area contributed by atoms with Gasteiger partial charge in [-0.05, 0) is 65.8 Å². The standard InChI is InChI=1S/C33H38N2O3/c1-22(2)23-14-18-25(19-15-23)34(3)33(37)30-28-12-8-9-13-29(28)32(36)35(26-10-6-5-7-11-26)31(30)24-16-20-27(38-4)21-17-24/h8-9,12-22,26,30-31H,5-7,10-11H2,1-4H3/t30-,31-/m1/s1. The lowest BCUT2D eigenvalue weighted by molar-refractivity contribution is -0.121. The number of amides is 2. The largest absolute Gasteiger partial charge is 0.497 e. The molecule has 38 heavy (non-hydrogen) atoms. The fraction of sp³-hybridized carbons (Fsp3) is 0.394. The van der Waals surface area contributed by atoms with Crippen LogP contribution in [0.1, 0.15) is 90.9 Å². The van der Waals surface area contributed by atoms with Crippen molar-refractivity contribution in [1.29, 1.82) is 0 Å². The molecule has 0 bridgehead atoms. The van der Waals surface area contributed by atoms with Crippen molar-refractivity contribution in [3.8, 4) is 5.75 Å². The second kappa shape index (κ2) is 11.0. The van der Waals surface area contributed by atoms with Gasteiger partial charge in [0.2, 0.25) is 5.91 Å². The van der Waals surface area contributed by atoms with E-state index in [2.05, 4.69) is 26.0 Å². The topological polar surface area (TPSA) is 49.9 Å². The number of hydrogen-bond donors (Lipinski definition) is 0. The van der Waals surface area contributed by atoms with Gasteiger partial charge in [0.15, 0.2) is 0 Å². The van der Waals surface area contributed by atoms with Crippen LogP contribution in [0.15, 0.2) is 72.8 Å². The molecule has 0 aromatic heterocycles. The van der Waals surface area contributed by atoms with E-state index < -0.39 is 12.0 Å². The molecule has 0 unspecified atom stereocenters. The Morgan fingerprint density at radius 1 is 0.921 bits per heavy atom. The maximum Gasteiger partial charge on any atom is 0.254 e. The van der Waals surface area contributed by atoms with Crippen LogP contribution in [0.2, 0.25) is 0 Å². The van der Waals surface area contributed by atoms with Gasteiger partial charge in [0.1, 0.15) is 5.75 Å². The summed E-state index contributed by atoms with van der Waals surface area (Å²) in [4.78, 5) is 32.4. The molecule has 1 aliphatic heterocycles. The van der Waals surface area contributed by atoms with Crippen molar-refractivity contribution in [2.45, 2.75) is 69.9 Å². The molecular weight excluding hydrogens is 472 g/mol. The van der Waals surface area contributed by atoms with Crippen molar-refractivity contribution in [3.63, 3.8) is 0 Å². The van der Waals surface area contributed by atoms with Gasteiger partial charge in [-0.25, -0.2) is 0 Å². The first-order valence-electron chi connectivity index (χ1n) is 13.8. The number of benzene rings is 3. The summed E-state index contributed by atoms with van der Waals surface area (Å²) in [5, 5.41) is 0. The Morgan fingerprint density at radius 2 is 1.58 bits per heavy atom. The highest BCUT2D eigenvalue weighted by Gasteiger charge is 2.47. The van der Waals surface area contributed by atoms with Crippen LogP contribution in [-0.4, -0.2) is 36.9 Å². The van der Waals surface area contributed by atoms with E-state index >= 15 is 0 Å². The molecule has 2 atom stereocenters. The van der Waals surface area contributed by atoms with Crippen molar-refractivity contribution < 1.29 is 14.3 Å². The van der Waals surface area contributed by atoms with Crippen molar-refractivity contribution in [2.24, 2.45) is 0 Å². The summed E-state index contributed by atoms with van der Waals surface area (Å²) < 4.78 is 5.42. The van der Waals surface area contributed by atoms with Crippen molar-refractivity contribution in [2.75, 3.05) is 19.1 Å². The molecule has 2 aliphatic rings. The van der Waals surface area contributed by atoms with E-state index in [0.717, 1.165) is 48.2 Å². The molecule has 1 saturated carbocycles. The lowest BCUT2D eigenvalue weighted by Crippen LogP contribution is -2.52. The summed E-state index contributed by atoms with van der Waals surface area (Å²) in [5.41, 5.74) is 4.50. The molecule has 0 radical (unpaired) electrons. The van der Waals surface area contributed by atoms with Gasteiger partial charge >= 0.3 is 0 Å². The molecule has 5 heteroatoms. The number of rotatable bonds is 6. The predicted molar refractivity (Wildman–Crippen MR) is 152 cm³/mol. The lowest BCUT2D eigenvalue weighted by Gasteiger charge is -2.47. The number of hydrogen-bond acceptors (Lipinski definition) is 3. The molecule has 198 valence electrons. The zero-order valence-corrected chi connectivity index (χ0v) is 22.9.